The number of halogens is 1. The molecule has 1 aliphatic carbocycles. The van der Waals surface area contributed by atoms with Gasteiger partial charge in [0.15, 0.2) is 0 Å². The number of thiophene rings is 1. The summed E-state index contributed by atoms with van der Waals surface area (Å²) in [5.74, 6) is 0. The van der Waals surface area contributed by atoms with Gasteiger partial charge in [0.2, 0.25) is 10.0 Å². The lowest BCUT2D eigenvalue weighted by atomic mass is 10.5. The Kier molecular flexibility index (Phi) is 3.42. The zero-order valence-electron chi connectivity index (χ0n) is 8.68. The Hall–Kier alpha value is 0.0500. The van der Waals surface area contributed by atoms with Crippen molar-refractivity contribution in [2.24, 2.45) is 0 Å². The summed E-state index contributed by atoms with van der Waals surface area (Å²) in [6.45, 7) is -0.133. The van der Waals surface area contributed by atoms with Gasteiger partial charge in [0.1, 0.15) is 4.90 Å². The topological polar surface area (TPSA) is 57.6 Å². The molecular formula is C9H12BrNO3S2. The third-order valence-corrected chi connectivity index (χ3v) is 6.73. The molecule has 0 saturated heterocycles. The molecule has 0 radical (unpaired) electrons. The molecule has 0 aliphatic heterocycles. The average molecular weight is 326 g/mol. The molecule has 1 N–H and O–H groups in total. The Balaban J connectivity index is 2.37. The van der Waals surface area contributed by atoms with Crippen molar-refractivity contribution in [3.05, 3.63) is 14.7 Å². The molecule has 1 aliphatic rings. The molecule has 1 aromatic rings. The van der Waals surface area contributed by atoms with Crippen LogP contribution in [0.3, 0.4) is 0 Å². The fourth-order valence-electron chi connectivity index (χ4n) is 1.44. The molecule has 0 atom stereocenters. The first-order chi connectivity index (χ1) is 7.46. The van der Waals surface area contributed by atoms with Crippen LogP contribution >= 0.6 is 27.3 Å². The van der Waals surface area contributed by atoms with Crippen LogP contribution in [0, 0.1) is 0 Å². The van der Waals surface area contributed by atoms with Gasteiger partial charge in [0.25, 0.3) is 0 Å². The van der Waals surface area contributed by atoms with E-state index in [2.05, 4.69) is 15.9 Å². The van der Waals surface area contributed by atoms with Gasteiger partial charge in [-0.15, -0.1) is 11.3 Å². The number of hydrogen-bond donors (Lipinski definition) is 1. The van der Waals surface area contributed by atoms with E-state index < -0.39 is 10.0 Å². The van der Waals surface area contributed by atoms with Gasteiger partial charge in [-0.25, -0.2) is 8.42 Å². The summed E-state index contributed by atoms with van der Waals surface area (Å²) >= 11 is 4.48. The van der Waals surface area contributed by atoms with Crippen LogP contribution in [0.25, 0.3) is 0 Å². The normalized spacial score (nSPS) is 17.0. The van der Waals surface area contributed by atoms with Crippen molar-refractivity contribution in [3.8, 4) is 0 Å². The highest BCUT2D eigenvalue weighted by molar-refractivity contribution is 9.11. The van der Waals surface area contributed by atoms with E-state index in [1.54, 1.807) is 7.05 Å². The predicted octanol–water partition coefficient (Wildman–Crippen LogP) is 1.79. The molecule has 0 bridgehead atoms. The predicted molar refractivity (Wildman–Crippen MR) is 65.9 cm³/mol. The van der Waals surface area contributed by atoms with Gasteiger partial charge in [0, 0.05) is 18.0 Å². The van der Waals surface area contributed by atoms with Crippen molar-refractivity contribution >= 4 is 37.3 Å². The van der Waals surface area contributed by atoms with Gasteiger partial charge >= 0.3 is 0 Å². The highest BCUT2D eigenvalue weighted by Crippen LogP contribution is 2.36. The molecule has 90 valence electrons. The first kappa shape index (κ1) is 12.5. The summed E-state index contributed by atoms with van der Waals surface area (Å²) < 4.78 is 26.3. The minimum atomic E-state index is -3.41. The SMILES string of the molecule is CN(C1CC1)S(=O)(=O)c1cc(CO)sc1Br. The molecule has 0 unspecified atom stereocenters. The summed E-state index contributed by atoms with van der Waals surface area (Å²) in [5.41, 5.74) is 0. The molecule has 1 heterocycles. The minimum absolute atomic E-state index is 0.133. The Labute approximate surface area is 107 Å². The van der Waals surface area contributed by atoms with Crippen molar-refractivity contribution in [3.63, 3.8) is 0 Å². The number of aliphatic hydroxyl groups excluding tert-OH is 1. The molecule has 1 fully saturated rings. The highest BCUT2D eigenvalue weighted by atomic mass is 79.9. The van der Waals surface area contributed by atoms with Crippen LogP contribution in [0.5, 0.6) is 0 Å². The summed E-state index contributed by atoms with van der Waals surface area (Å²) in [6, 6.07) is 1.68. The van der Waals surface area contributed by atoms with E-state index in [-0.39, 0.29) is 17.5 Å². The first-order valence-electron chi connectivity index (χ1n) is 4.84. The van der Waals surface area contributed by atoms with Crippen LogP contribution in [-0.2, 0) is 16.6 Å². The summed E-state index contributed by atoms with van der Waals surface area (Å²) in [5, 5.41) is 8.98. The molecule has 1 aromatic heterocycles. The van der Waals surface area contributed by atoms with Gasteiger partial charge < -0.3 is 5.11 Å². The molecule has 2 rings (SSSR count). The number of hydrogen-bond acceptors (Lipinski definition) is 4. The van der Waals surface area contributed by atoms with Gasteiger partial charge in [-0.3, -0.25) is 0 Å². The van der Waals surface area contributed by atoms with Crippen LogP contribution in [0.2, 0.25) is 0 Å². The molecular weight excluding hydrogens is 314 g/mol. The van der Waals surface area contributed by atoms with E-state index >= 15 is 0 Å². The number of rotatable bonds is 4. The fraction of sp³-hybridized carbons (Fsp3) is 0.556. The van der Waals surface area contributed by atoms with Crippen LogP contribution in [-0.4, -0.2) is 30.9 Å². The van der Waals surface area contributed by atoms with Crippen LogP contribution in [0.15, 0.2) is 14.7 Å². The lowest BCUT2D eigenvalue weighted by Crippen LogP contribution is -2.28. The van der Waals surface area contributed by atoms with Crippen LogP contribution < -0.4 is 0 Å². The lowest BCUT2D eigenvalue weighted by molar-refractivity contribution is 0.285. The zero-order valence-corrected chi connectivity index (χ0v) is 11.9. The molecule has 1 saturated carbocycles. The second-order valence-electron chi connectivity index (χ2n) is 3.76. The van der Waals surface area contributed by atoms with E-state index in [0.717, 1.165) is 12.8 Å². The smallest absolute Gasteiger partial charge is 0.245 e. The van der Waals surface area contributed by atoms with Crippen molar-refractivity contribution < 1.29 is 13.5 Å². The fourth-order valence-corrected chi connectivity index (χ4v) is 5.35. The summed E-state index contributed by atoms with van der Waals surface area (Å²) in [7, 11) is -1.80. The molecule has 7 heteroatoms. The quantitative estimate of drug-likeness (QED) is 0.918. The molecule has 0 aromatic carbocycles. The zero-order chi connectivity index (χ0) is 11.9. The Morgan fingerprint density at radius 1 is 1.62 bits per heavy atom. The van der Waals surface area contributed by atoms with Crippen molar-refractivity contribution in [1.29, 1.82) is 0 Å². The van der Waals surface area contributed by atoms with Crippen molar-refractivity contribution in [2.45, 2.75) is 30.4 Å². The monoisotopic (exact) mass is 325 g/mol. The molecule has 4 nitrogen and oxygen atoms in total. The molecule has 0 spiro atoms. The largest absolute Gasteiger partial charge is 0.391 e. The van der Waals surface area contributed by atoms with Crippen LogP contribution in [0.1, 0.15) is 17.7 Å². The van der Waals surface area contributed by atoms with E-state index in [4.69, 9.17) is 5.11 Å². The van der Waals surface area contributed by atoms with Gasteiger partial charge in [-0.2, -0.15) is 4.31 Å². The van der Waals surface area contributed by atoms with E-state index in [9.17, 15) is 8.42 Å². The Bertz CT molecular complexity index is 493. The highest BCUT2D eigenvalue weighted by Gasteiger charge is 2.36. The lowest BCUT2D eigenvalue weighted by Gasteiger charge is -2.15. The second-order valence-corrected chi connectivity index (χ2v) is 8.18. The molecule has 0 amide bonds. The van der Waals surface area contributed by atoms with E-state index in [1.807, 2.05) is 0 Å². The Morgan fingerprint density at radius 3 is 2.69 bits per heavy atom. The van der Waals surface area contributed by atoms with Gasteiger partial charge in [-0.05, 0) is 34.8 Å². The maximum absolute atomic E-state index is 12.2. The van der Waals surface area contributed by atoms with Crippen LogP contribution in [0.4, 0.5) is 0 Å². The van der Waals surface area contributed by atoms with Gasteiger partial charge in [0.05, 0.1) is 10.4 Å². The second kappa shape index (κ2) is 4.38. The standard InChI is InChI=1S/C9H12BrNO3S2/c1-11(6-2-3-6)16(13,14)8-4-7(5-12)15-9(8)10/h4,6,12H,2-3,5H2,1H3. The Morgan fingerprint density at radius 2 is 2.25 bits per heavy atom. The third-order valence-electron chi connectivity index (χ3n) is 2.58. The maximum atomic E-state index is 12.2. The molecule has 16 heavy (non-hydrogen) atoms. The first-order valence-corrected chi connectivity index (χ1v) is 7.89. The van der Waals surface area contributed by atoms with E-state index in [0.29, 0.717) is 8.66 Å². The van der Waals surface area contributed by atoms with Gasteiger partial charge in [-0.1, -0.05) is 0 Å². The summed E-state index contributed by atoms with van der Waals surface area (Å²) in [4.78, 5) is 0.908. The van der Waals surface area contributed by atoms with Crippen molar-refractivity contribution in [1.82, 2.24) is 4.31 Å². The minimum Gasteiger partial charge on any atom is -0.391 e. The summed E-state index contributed by atoms with van der Waals surface area (Å²) in [6.07, 6.45) is 1.87. The van der Waals surface area contributed by atoms with Crippen molar-refractivity contribution in [2.75, 3.05) is 7.05 Å². The average Bonchev–Trinajstić information content (AvgIpc) is 3.00. The number of nitrogens with zero attached hydrogens (tertiary/aromatic N) is 1. The third kappa shape index (κ3) is 2.19. The van der Waals surface area contributed by atoms with E-state index in [1.165, 1.54) is 21.7 Å². The number of sulfonamides is 1. The number of aliphatic hydroxyl groups is 1. The maximum Gasteiger partial charge on any atom is 0.245 e.